The lowest BCUT2D eigenvalue weighted by Crippen LogP contribution is -2.35. The lowest BCUT2D eigenvalue weighted by Gasteiger charge is -2.19. The summed E-state index contributed by atoms with van der Waals surface area (Å²) in [5.74, 6) is 1.68. The highest BCUT2D eigenvalue weighted by atomic mass is 16.5. The summed E-state index contributed by atoms with van der Waals surface area (Å²) in [6, 6.07) is 42.4. The fourth-order valence-electron chi connectivity index (χ4n) is 6.54. The van der Waals surface area contributed by atoms with Crippen molar-refractivity contribution in [2.75, 3.05) is 13.2 Å². The Hall–Kier alpha value is -6.40. The zero-order chi connectivity index (χ0) is 33.5. The topological polar surface area (TPSA) is 54.5 Å². The molecule has 0 saturated heterocycles. The van der Waals surface area contributed by atoms with Crippen molar-refractivity contribution in [3.63, 3.8) is 0 Å². The normalized spacial score (nSPS) is 11.1. The third kappa shape index (κ3) is 6.64. The quantitative estimate of drug-likeness (QED) is 0.137. The van der Waals surface area contributed by atoms with Crippen LogP contribution in [-0.2, 0) is 13.1 Å². The Morgan fingerprint density at radius 1 is 0.400 bits per heavy atom. The number of benzene rings is 4. The minimum atomic E-state index is 0.518. The van der Waals surface area contributed by atoms with Crippen LogP contribution in [0, 0.1) is 0 Å². The van der Waals surface area contributed by atoms with Gasteiger partial charge >= 0.3 is 0 Å². The number of hydrogen-bond acceptors (Lipinski definition) is 2. The Morgan fingerprint density at radius 2 is 0.780 bits per heavy atom. The second-order valence-corrected chi connectivity index (χ2v) is 12.2. The first-order chi connectivity index (χ1) is 24.8. The Kier molecular flexibility index (Phi) is 8.89. The molecule has 0 amide bonds. The third-order valence-corrected chi connectivity index (χ3v) is 9.13. The number of rotatable bonds is 11. The summed E-state index contributed by atoms with van der Waals surface area (Å²) < 4.78 is 17.6. The summed E-state index contributed by atoms with van der Waals surface area (Å²) in [6.07, 6.45) is 16.2. The number of aromatic amines is 2. The molecule has 0 aliphatic rings. The third-order valence-electron chi connectivity index (χ3n) is 9.13. The number of nitrogens with one attached hydrogen (secondary N) is 2. The molecule has 0 atom stereocenters. The Balaban J connectivity index is 1.07. The van der Waals surface area contributed by atoms with E-state index < -0.39 is 0 Å². The maximum Gasteiger partial charge on any atom is 0.182 e. The summed E-state index contributed by atoms with van der Waals surface area (Å²) in [5, 5.41) is 4.58. The summed E-state index contributed by atoms with van der Waals surface area (Å²) in [7, 11) is 0. The van der Waals surface area contributed by atoms with E-state index in [1.807, 2.05) is 24.8 Å². The first-order valence-corrected chi connectivity index (χ1v) is 17.0. The molecular weight excluding hydrogens is 617 g/mol. The van der Waals surface area contributed by atoms with Gasteiger partial charge in [-0.3, -0.25) is 0 Å². The Labute approximate surface area is 291 Å². The largest absolute Gasteiger partial charge is 0.486 e. The van der Waals surface area contributed by atoms with Crippen LogP contribution in [0.3, 0.4) is 0 Å². The molecule has 2 N–H and O–H groups in total. The van der Waals surface area contributed by atoms with Crippen molar-refractivity contribution in [2.45, 2.75) is 13.1 Å². The van der Waals surface area contributed by atoms with Gasteiger partial charge in [0.05, 0.1) is 0 Å². The highest BCUT2D eigenvalue weighted by molar-refractivity contribution is 6.09. The highest BCUT2D eigenvalue weighted by Gasteiger charge is 2.20. The van der Waals surface area contributed by atoms with E-state index in [4.69, 9.17) is 9.47 Å². The molecule has 242 valence electrons. The maximum atomic E-state index is 6.66. The summed E-state index contributed by atoms with van der Waals surface area (Å²) in [5.41, 5.74) is 6.82. The van der Waals surface area contributed by atoms with Gasteiger partial charge in [-0.05, 0) is 55.9 Å². The Bertz CT molecular complexity index is 2190. The van der Waals surface area contributed by atoms with Crippen molar-refractivity contribution in [1.82, 2.24) is 0 Å². The lowest BCUT2D eigenvalue weighted by molar-refractivity contribution is -0.697. The van der Waals surface area contributed by atoms with Crippen LogP contribution >= 0.6 is 0 Å². The molecule has 4 aromatic carbocycles. The SMILES string of the molecule is c1ccc2c(-c3c(OCC[n+]4ccc(-c5cc[nH+]cc5)cc4)ccc4ccccc34)c(OCC[n+]3ccc(-c4cc[nH+]cc4)cc3)ccc2c1. The average molecular weight is 655 g/mol. The monoisotopic (exact) mass is 654 g/mol. The first-order valence-electron chi connectivity index (χ1n) is 17.0. The molecule has 0 unspecified atom stereocenters. The second kappa shape index (κ2) is 14.4. The fourth-order valence-corrected chi connectivity index (χ4v) is 6.54. The molecule has 50 heavy (non-hydrogen) atoms. The van der Waals surface area contributed by atoms with E-state index in [1.54, 1.807) is 0 Å². The van der Waals surface area contributed by atoms with Crippen LogP contribution in [0.15, 0.2) is 171 Å². The van der Waals surface area contributed by atoms with Crippen LogP contribution in [0.25, 0.3) is 54.9 Å². The zero-order valence-electron chi connectivity index (χ0n) is 27.7. The molecule has 0 fully saturated rings. The molecular formula is C44H38N4O2+4. The van der Waals surface area contributed by atoms with Crippen LogP contribution in [-0.4, -0.2) is 13.2 Å². The van der Waals surface area contributed by atoms with Crippen molar-refractivity contribution < 1.29 is 28.6 Å². The standard InChI is InChI=1S/C44H36N4O2/c1-3-7-39-37(5-1)9-11-41(49-31-29-47-25-17-35(18-26-47)33-13-21-45-22-14-33)43(39)44-40-8-4-2-6-38(40)10-12-42(44)50-32-30-48-27-19-36(20-28-48)34-15-23-46-24-16-34/h1-28H,29-32H2/q+2/p+2. The summed E-state index contributed by atoms with van der Waals surface area (Å²) in [6.45, 7) is 2.47. The van der Waals surface area contributed by atoms with Crippen molar-refractivity contribution in [3.05, 3.63) is 171 Å². The van der Waals surface area contributed by atoms with Gasteiger partial charge in [-0.15, -0.1) is 0 Å². The molecule has 0 aliphatic carbocycles. The van der Waals surface area contributed by atoms with Gasteiger partial charge in [0, 0.05) is 59.7 Å². The highest BCUT2D eigenvalue weighted by Crippen LogP contribution is 2.45. The second-order valence-electron chi connectivity index (χ2n) is 12.2. The number of aromatic nitrogens is 4. The smallest absolute Gasteiger partial charge is 0.182 e. The fraction of sp³-hybridized carbons (Fsp3) is 0.0909. The van der Waals surface area contributed by atoms with E-state index in [2.05, 4.69) is 165 Å². The van der Waals surface area contributed by atoms with E-state index in [-0.39, 0.29) is 0 Å². The molecule has 4 heterocycles. The molecule has 4 aromatic heterocycles. The van der Waals surface area contributed by atoms with E-state index in [1.165, 1.54) is 22.3 Å². The van der Waals surface area contributed by atoms with Crippen LogP contribution in [0.5, 0.6) is 11.5 Å². The number of fused-ring (bicyclic) bond motifs is 2. The van der Waals surface area contributed by atoms with E-state index >= 15 is 0 Å². The van der Waals surface area contributed by atoms with Crippen LogP contribution in [0.2, 0.25) is 0 Å². The van der Waals surface area contributed by atoms with Crippen molar-refractivity contribution in [3.8, 4) is 44.9 Å². The first kappa shape index (κ1) is 30.9. The number of H-pyrrole nitrogens is 2. The average Bonchev–Trinajstić information content (AvgIpc) is 3.19. The van der Waals surface area contributed by atoms with Crippen molar-refractivity contribution in [1.29, 1.82) is 0 Å². The molecule has 0 saturated carbocycles. The van der Waals surface area contributed by atoms with Crippen LogP contribution in [0.4, 0.5) is 0 Å². The number of ether oxygens (including phenoxy) is 2. The Morgan fingerprint density at radius 3 is 1.20 bits per heavy atom. The summed E-state index contributed by atoms with van der Waals surface area (Å²) >= 11 is 0. The molecule has 6 nitrogen and oxygen atoms in total. The number of nitrogens with zero attached hydrogens (tertiary/aromatic N) is 2. The minimum absolute atomic E-state index is 0.518. The van der Waals surface area contributed by atoms with E-state index in [0.29, 0.717) is 26.3 Å². The van der Waals surface area contributed by atoms with E-state index in [0.717, 1.165) is 44.2 Å². The molecule has 8 rings (SSSR count). The van der Waals surface area contributed by atoms with Gasteiger partial charge in [-0.25, -0.2) is 19.1 Å². The molecule has 6 heteroatoms. The predicted octanol–water partition coefficient (Wildman–Crippen LogP) is 7.36. The maximum absolute atomic E-state index is 6.66. The molecule has 8 aromatic rings. The molecule has 0 bridgehead atoms. The van der Waals surface area contributed by atoms with Gasteiger partial charge < -0.3 is 9.47 Å². The van der Waals surface area contributed by atoms with Crippen molar-refractivity contribution >= 4 is 21.5 Å². The van der Waals surface area contributed by atoms with E-state index in [9.17, 15) is 0 Å². The predicted molar refractivity (Wildman–Crippen MR) is 195 cm³/mol. The van der Waals surface area contributed by atoms with Gasteiger partial charge in [0.15, 0.2) is 62.7 Å². The molecule has 0 radical (unpaired) electrons. The van der Waals surface area contributed by atoms with Gasteiger partial charge in [0.25, 0.3) is 0 Å². The number of pyridine rings is 4. The molecule has 0 spiro atoms. The minimum Gasteiger partial charge on any atom is -0.486 e. The number of hydrogen-bond donors (Lipinski definition) is 0. The lowest BCUT2D eigenvalue weighted by atomic mass is 9.92. The molecule has 0 aliphatic heterocycles. The van der Waals surface area contributed by atoms with Crippen molar-refractivity contribution in [2.24, 2.45) is 0 Å². The van der Waals surface area contributed by atoms with Gasteiger partial charge in [-0.2, -0.15) is 0 Å². The van der Waals surface area contributed by atoms with Gasteiger partial charge in [0.2, 0.25) is 0 Å². The van der Waals surface area contributed by atoms with Gasteiger partial charge in [0.1, 0.15) is 24.7 Å². The van der Waals surface area contributed by atoms with Crippen LogP contribution < -0.4 is 28.6 Å². The summed E-state index contributed by atoms with van der Waals surface area (Å²) in [4.78, 5) is 6.18. The van der Waals surface area contributed by atoms with Crippen LogP contribution in [0.1, 0.15) is 0 Å². The van der Waals surface area contributed by atoms with Gasteiger partial charge in [-0.1, -0.05) is 60.7 Å². The zero-order valence-corrected chi connectivity index (χ0v) is 27.7.